The van der Waals surface area contributed by atoms with Gasteiger partial charge in [-0.1, -0.05) is 12.1 Å². The first kappa shape index (κ1) is 21.1. The van der Waals surface area contributed by atoms with Gasteiger partial charge in [-0.05, 0) is 60.9 Å². The van der Waals surface area contributed by atoms with Crippen LogP contribution in [-0.2, 0) is 22.4 Å². The van der Waals surface area contributed by atoms with E-state index in [1.165, 1.54) is 0 Å². The van der Waals surface area contributed by atoms with Crippen molar-refractivity contribution < 1.29 is 14.3 Å². The Morgan fingerprint density at radius 3 is 2.56 bits per heavy atom. The summed E-state index contributed by atoms with van der Waals surface area (Å²) in [5, 5.41) is 9.36. The molecule has 0 aliphatic rings. The van der Waals surface area contributed by atoms with E-state index in [1.807, 2.05) is 47.9 Å². The van der Waals surface area contributed by atoms with Crippen LogP contribution in [0.1, 0.15) is 34.9 Å². The van der Waals surface area contributed by atoms with Crippen LogP contribution in [0, 0.1) is 18.3 Å². The number of carbonyl (C=O) groups is 1. The molecule has 1 aromatic carbocycles. The first-order valence-electron chi connectivity index (χ1n) is 10.3. The number of benzene rings is 1. The van der Waals surface area contributed by atoms with Crippen LogP contribution in [-0.4, -0.2) is 26.9 Å². The van der Waals surface area contributed by atoms with Crippen LogP contribution in [0.5, 0.6) is 11.8 Å². The van der Waals surface area contributed by atoms with Crippen LogP contribution in [0.2, 0.25) is 0 Å². The molecule has 0 bridgehead atoms. The maximum Gasteiger partial charge on any atom is 0.321 e. The second kappa shape index (κ2) is 9.31. The summed E-state index contributed by atoms with van der Waals surface area (Å²) in [5.41, 5.74) is 5.50. The number of carbonyl (C=O) groups excluding carboxylic acids is 1. The summed E-state index contributed by atoms with van der Waals surface area (Å²) in [7, 11) is 0. The van der Waals surface area contributed by atoms with E-state index in [4.69, 9.17) is 9.47 Å². The predicted octanol–water partition coefficient (Wildman–Crippen LogP) is 4.40. The molecule has 3 aromatic heterocycles. The molecule has 4 rings (SSSR count). The zero-order chi connectivity index (χ0) is 22.5. The molecule has 0 N–H and O–H groups in total. The largest absolute Gasteiger partial charge is 0.466 e. The molecular weight excluding hydrogens is 404 g/mol. The monoisotopic (exact) mass is 426 g/mol. The number of aromatic nitrogens is 3. The number of nitriles is 1. The SMILES string of the molecule is CCOC(=O)Cc1c(C)c(Cc2ccc(Oc3ncccn3)cc2)n2cc(C#N)ccc12. The van der Waals surface area contributed by atoms with Crippen LogP contribution >= 0.6 is 0 Å². The van der Waals surface area contributed by atoms with Gasteiger partial charge in [-0.3, -0.25) is 4.79 Å². The standard InChI is InChI=1S/C25H22N4O3/c1-3-31-24(30)14-21-17(2)23(29-16-19(15-26)7-10-22(21)29)13-18-5-8-20(9-6-18)32-25-27-11-4-12-28-25/h4-12,16H,3,13-14H2,1-2H3. The minimum absolute atomic E-state index is 0.193. The number of pyridine rings is 1. The molecule has 0 fully saturated rings. The quantitative estimate of drug-likeness (QED) is 0.407. The van der Waals surface area contributed by atoms with Crippen molar-refractivity contribution in [3.63, 3.8) is 0 Å². The fourth-order valence-corrected chi connectivity index (χ4v) is 3.69. The molecule has 4 aromatic rings. The average Bonchev–Trinajstić information content (AvgIpc) is 3.06. The molecule has 0 unspecified atom stereocenters. The van der Waals surface area contributed by atoms with Gasteiger partial charge in [-0.15, -0.1) is 0 Å². The van der Waals surface area contributed by atoms with Gasteiger partial charge in [0.25, 0.3) is 0 Å². The highest BCUT2D eigenvalue weighted by Gasteiger charge is 2.19. The van der Waals surface area contributed by atoms with Gasteiger partial charge >= 0.3 is 12.0 Å². The maximum absolute atomic E-state index is 12.2. The van der Waals surface area contributed by atoms with Crippen LogP contribution < -0.4 is 4.74 Å². The van der Waals surface area contributed by atoms with E-state index < -0.39 is 0 Å². The summed E-state index contributed by atoms with van der Waals surface area (Å²) in [5.74, 6) is 0.384. The first-order chi connectivity index (χ1) is 15.6. The van der Waals surface area contributed by atoms with Gasteiger partial charge in [0.05, 0.1) is 18.6 Å². The Labute approximate surface area is 185 Å². The van der Waals surface area contributed by atoms with Crippen LogP contribution in [0.3, 0.4) is 0 Å². The number of ether oxygens (including phenoxy) is 2. The Bertz CT molecular complexity index is 1290. The summed E-state index contributed by atoms with van der Waals surface area (Å²) < 4.78 is 12.8. The van der Waals surface area contributed by atoms with Crippen molar-refractivity contribution in [3.8, 4) is 17.8 Å². The average molecular weight is 426 g/mol. The van der Waals surface area contributed by atoms with Crippen molar-refractivity contribution >= 4 is 11.5 Å². The van der Waals surface area contributed by atoms with Crippen molar-refractivity contribution in [1.29, 1.82) is 5.26 Å². The number of nitrogens with zero attached hydrogens (tertiary/aromatic N) is 4. The van der Waals surface area contributed by atoms with Gasteiger partial charge in [0.15, 0.2) is 0 Å². The van der Waals surface area contributed by atoms with Gasteiger partial charge in [0.2, 0.25) is 0 Å². The molecule has 0 spiro atoms. The van der Waals surface area contributed by atoms with Gasteiger partial charge in [0.1, 0.15) is 11.8 Å². The Kier molecular flexibility index (Phi) is 6.13. The maximum atomic E-state index is 12.2. The Hall–Kier alpha value is -4.18. The fraction of sp³-hybridized carbons (Fsp3) is 0.200. The number of fused-ring (bicyclic) bond motifs is 1. The summed E-state index contributed by atoms with van der Waals surface area (Å²) in [6.45, 7) is 4.15. The highest BCUT2D eigenvalue weighted by Crippen LogP contribution is 2.28. The van der Waals surface area contributed by atoms with Gasteiger partial charge < -0.3 is 13.9 Å². The molecule has 0 amide bonds. The lowest BCUT2D eigenvalue weighted by atomic mass is 10.0. The molecule has 3 heterocycles. The molecule has 32 heavy (non-hydrogen) atoms. The molecular formula is C25H22N4O3. The van der Waals surface area contributed by atoms with E-state index in [9.17, 15) is 10.1 Å². The summed E-state index contributed by atoms with van der Waals surface area (Å²) in [6.07, 6.45) is 5.89. The third kappa shape index (κ3) is 4.44. The lowest BCUT2D eigenvalue weighted by Gasteiger charge is -2.07. The van der Waals surface area contributed by atoms with E-state index in [0.717, 1.165) is 27.9 Å². The highest BCUT2D eigenvalue weighted by molar-refractivity contribution is 5.78. The van der Waals surface area contributed by atoms with Gasteiger partial charge in [-0.25, -0.2) is 9.97 Å². The molecule has 0 aliphatic carbocycles. The Morgan fingerprint density at radius 1 is 1.12 bits per heavy atom. The molecule has 0 saturated carbocycles. The molecule has 0 saturated heterocycles. The number of esters is 1. The van der Waals surface area contributed by atoms with Gasteiger partial charge in [-0.2, -0.15) is 5.26 Å². The van der Waals surface area contributed by atoms with Crippen molar-refractivity contribution in [2.45, 2.75) is 26.7 Å². The van der Waals surface area contributed by atoms with Crippen LogP contribution in [0.4, 0.5) is 0 Å². The zero-order valence-corrected chi connectivity index (χ0v) is 17.9. The van der Waals surface area contributed by atoms with Crippen LogP contribution in [0.25, 0.3) is 5.52 Å². The number of hydrogen-bond acceptors (Lipinski definition) is 6. The summed E-state index contributed by atoms with van der Waals surface area (Å²) >= 11 is 0. The van der Waals surface area contributed by atoms with E-state index >= 15 is 0 Å². The third-order valence-electron chi connectivity index (χ3n) is 5.24. The van der Waals surface area contributed by atoms with Crippen molar-refractivity contribution in [3.05, 3.63) is 89.0 Å². The minimum Gasteiger partial charge on any atom is -0.466 e. The smallest absolute Gasteiger partial charge is 0.321 e. The Morgan fingerprint density at radius 2 is 1.88 bits per heavy atom. The van der Waals surface area contributed by atoms with Crippen LogP contribution in [0.15, 0.2) is 61.1 Å². The third-order valence-corrected chi connectivity index (χ3v) is 5.24. The molecule has 0 radical (unpaired) electrons. The lowest BCUT2D eigenvalue weighted by molar-refractivity contribution is -0.142. The predicted molar refractivity (Wildman–Crippen MR) is 119 cm³/mol. The van der Waals surface area contributed by atoms with Gasteiger partial charge in [0, 0.05) is 36.2 Å². The van der Waals surface area contributed by atoms with E-state index in [2.05, 4.69) is 16.0 Å². The first-order valence-corrected chi connectivity index (χ1v) is 10.3. The fourth-order valence-electron chi connectivity index (χ4n) is 3.69. The molecule has 0 aliphatic heterocycles. The number of hydrogen-bond donors (Lipinski definition) is 0. The second-order valence-corrected chi connectivity index (χ2v) is 7.27. The lowest BCUT2D eigenvalue weighted by Crippen LogP contribution is -2.08. The molecule has 7 heteroatoms. The van der Waals surface area contributed by atoms with Crippen molar-refractivity contribution in [2.24, 2.45) is 0 Å². The zero-order valence-electron chi connectivity index (χ0n) is 17.9. The number of rotatable bonds is 7. The van der Waals surface area contributed by atoms with Crippen molar-refractivity contribution in [1.82, 2.24) is 14.4 Å². The topological polar surface area (TPSA) is 89.5 Å². The summed E-state index contributed by atoms with van der Waals surface area (Å²) in [6, 6.07) is 15.6. The normalized spacial score (nSPS) is 10.7. The second-order valence-electron chi connectivity index (χ2n) is 7.27. The van der Waals surface area contributed by atoms with Crippen molar-refractivity contribution in [2.75, 3.05) is 6.61 Å². The summed E-state index contributed by atoms with van der Waals surface area (Å²) in [4.78, 5) is 20.3. The van der Waals surface area contributed by atoms with E-state index in [0.29, 0.717) is 30.4 Å². The van der Waals surface area contributed by atoms with E-state index in [-0.39, 0.29) is 12.4 Å². The minimum atomic E-state index is -0.261. The molecule has 160 valence electrons. The highest BCUT2D eigenvalue weighted by atomic mass is 16.5. The Balaban J connectivity index is 1.65. The molecule has 7 nitrogen and oxygen atoms in total. The van der Waals surface area contributed by atoms with E-state index in [1.54, 1.807) is 31.5 Å². The molecule has 0 atom stereocenters.